The Hall–Kier alpha value is -1.68. The molecule has 0 spiro atoms. The molecule has 0 fully saturated rings. The summed E-state index contributed by atoms with van der Waals surface area (Å²) < 4.78 is 26.3. The summed E-state index contributed by atoms with van der Waals surface area (Å²) in [5, 5.41) is 0. The summed E-state index contributed by atoms with van der Waals surface area (Å²) in [5.74, 6) is 0. The van der Waals surface area contributed by atoms with Crippen molar-refractivity contribution in [2.75, 3.05) is 0 Å². The second kappa shape index (κ2) is 7.80. The Morgan fingerprint density at radius 2 is 1.40 bits per heavy atom. The highest BCUT2D eigenvalue weighted by Gasteiger charge is 2.17. The number of nitrogens with zero attached hydrogens (tertiary/aromatic N) is 1. The Bertz CT molecular complexity index is 541. The third-order valence-electron chi connectivity index (χ3n) is 2.89. The molecule has 4 heteroatoms. The van der Waals surface area contributed by atoms with Gasteiger partial charge in [0.25, 0.3) is 6.43 Å². The van der Waals surface area contributed by atoms with Crippen molar-refractivity contribution in [3.8, 4) is 0 Å². The first kappa shape index (κ1) is 16.4. The monoisotopic (exact) mass is 293 g/mol. The highest BCUT2D eigenvalue weighted by Crippen LogP contribution is 2.19. The molecular weight excluding hydrogens is 276 g/mol. The maximum absolute atomic E-state index is 13.1. The number of aliphatic imine (C=N–C) groups is 1. The van der Waals surface area contributed by atoms with Crippen LogP contribution in [0.4, 0.5) is 8.78 Å². The van der Waals surface area contributed by atoms with E-state index in [1.54, 1.807) is 30.3 Å². The SMILES string of the molecule is C[C@H](N=C(c1ccccc1)C(F)F)c1ccccc1.S. The van der Waals surface area contributed by atoms with E-state index in [-0.39, 0.29) is 25.2 Å². The largest absolute Gasteiger partial charge is 0.280 e. The van der Waals surface area contributed by atoms with Crippen LogP contribution in [0.5, 0.6) is 0 Å². The third kappa shape index (κ3) is 4.17. The maximum atomic E-state index is 13.1. The van der Waals surface area contributed by atoms with Crippen molar-refractivity contribution < 1.29 is 8.78 Å². The Balaban J connectivity index is 0.00000200. The van der Waals surface area contributed by atoms with Crippen molar-refractivity contribution in [3.05, 3.63) is 71.8 Å². The summed E-state index contributed by atoms with van der Waals surface area (Å²) in [5.41, 5.74) is 1.24. The van der Waals surface area contributed by atoms with E-state index in [1.165, 1.54) is 0 Å². The Morgan fingerprint density at radius 3 is 1.90 bits per heavy atom. The third-order valence-corrected chi connectivity index (χ3v) is 2.89. The summed E-state index contributed by atoms with van der Waals surface area (Å²) in [6.07, 6.45) is -2.58. The van der Waals surface area contributed by atoms with Gasteiger partial charge in [0.2, 0.25) is 0 Å². The summed E-state index contributed by atoms with van der Waals surface area (Å²) in [4.78, 5) is 4.18. The van der Waals surface area contributed by atoms with Crippen LogP contribution in [0.2, 0.25) is 0 Å². The van der Waals surface area contributed by atoms with Crippen molar-refractivity contribution in [1.82, 2.24) is 0 Å². The molecule has 0 unspecified atom stereocenters. The predicted molar refractivity (Wildman–Crippen MR) is 84.2 cm³/mol. The van der Waals surface area contributed by atoms with Crippen LogP contribution in [0.25, 0.3) is 0 Å². The lowest BCUT2D eigenvalue weighted by atomic mass is 10.1. The van der Waals surface area contributed by atoms with Crippen molar-refractivity contribution in [1.29, 1.82) is 0 Å². The average molecular weight is 293 g/mol. The quantitative estimate of drug-likeness (QED) is 0.730. The van der Waals surface area contributed by atoms with Gasteiger partial charge in [-0.15, -0.1) is 0 Å². The number of alkyl halides is 2. The lowest BCUT2D eigenvalue weighted by Crippen LogP contribution is -2.13. The minimum absolute atomic E-state index is 0. The number of hydrogen-bond acceptors (Lipinski definition) is 1. The van der Waals surface area contributed by atoms with Gasteiger partial charge in [-0.2, -0.15) is 13.5 Å². The van der Waals surface area contributed by atoms with Crippen LogP contribution in [-0.4, -0.2) is 12.1 Å². The van der Waals surface area contributed by atoms with Crippen LogP contribution < -0.4 is 0 Å². The molecule has 0 saturated carbocycles. The van der Waals surface area contributed by atoms with Crippen molar-refractivity contribution in [2.24, 2.45) is 4.99 Å². The highest BCUT2D eigenvalue weighted by atomic mass is 32.1. The zero-order valence-electron chi connectivity index (χ0n) is 11.1. The van der Waals surface area contributed by atoms with Crippen LogP contribution in [0, 0.1) is 0 Å². The standard InChI is InChI=1S/C16H15F2N.H2S/c1-12(13-8-4-2-5-9-13)19-15(16(17)18)14-10-6-3-7-11-14;/h2-12,16H,1H3;1H2/t12-;/m0./s1. The molecule has 2 aromatic carbocycles. The molecular formula is C16H17F2NS. The molecule has 0 N–H and O–H groups in total. The summed E-state index contributed by atoms with van der Waals surface area (Å²) in [6, 6.07) is 17.7. The van der Waals surface area contributed by atoms with Crippen molar-refractivity contribution in [2.45, 2.75) is 19.4 Å². The van der Waals surface area contributed by atoms with Gasteiger partial charge in [0.15, 0.2) is 0 Å². The lowest BCUT2D eigenvalue weighted by Gasteiger charge is -2.11. The smallest absolute Gasteiger partial charge is 0.275 e. The first-order valence-corrected chi connectivity index (χ1v) is 6.14. The van der Waals surface area contributed by atoms with Gasteiger partial charge in [-0.1, -0.05) is 60.7 Å². The molecule has 0 saturated heterocycles. The van der Waals surface area contributed by atoms with Crippen LogP contribution in [0.1, 0.15) is 24.1 Å². The van der Waals surface area contributed by atoms with Gasteiger partial charge < -0.3 is 0 Å². The molecule has 2 aromatic rings. The van der Waals surface area contributed by atoms with E-state index in [0.717, 1.165) is 5.56 Å². The lowest BCUT2D eigenvalue weighted by molar-refractivity contribution is 0.225. The van der Waals surface area contributed by atoms with Crippen LogP contribution >= 0.6 is 13.5 Å². The van der Waals surface area contributed by atoms with Gasteiger partial charge in [0.05, 0.1) is 6.04 Å². The van der Waals surface area contributed by atoms with Gasteiger partial charge >= 0.3 is 0 Å². The highest BCUT2D eigenvalue weighted by molar-refractivity contribution is 7.59. The first-order valence-electron chi connectivity index (χ1n) is 6.14. The van der Waals surface area contributed by atoms with Gasteiger partial charge in [-0.05, 0) is 12.5 Å². The van der Waals surface area contributed by atoms with E-state index in [9.17, 15) is 8.78 Å². The molecule has 1 nitrogen and oxygen atoms in total. The van der Waals surface area contributed by atoms with Crippen LogP contribution in [0.3, 0.4) is 0 Å². The topological polar surface area (TPSA) is 12.4 Å². The maximum Gasteiger partial charge on any atom is 0.280 e. The fourth-order valence-electron chi connectivity index (χ4n) is 1.88. The number of benzene rings is 2. The first-order chi connectivity index (χ1) is 9.18. The molecule has 0 aliphatic carbocycles. The van der Waals surface area contributed by atoms with Crippen molar-refractivity contribution in [3.63, 3.8) is 0 Å². The Kier molecular flexibility index (Phi) is 6.39. The average Bonchev–Trinajstić information content (AvgIpc) is 2.46. The minimum atomic E-state index is -2.58. The van der Waals surface area contributed by atoms with E-state index >= 15 is 0 Å². The Morgan fingerprint density at radius 1 is 0.900 bits per heavy atom. The molecule has 0 aliphatic rings. The summed E-state index contributed by atoms with van der Waals surface area (Å²) >= 11 is 0. The van der Waals surface area contributed by atoms with Gasteiger partial charge in [-0.3, -0.25) is 4.99 Å². The van der Waals surface area contributed by atoms with Crippen LogP contribution in [-0.2, 0) is 0 Å². The molecule has 0 heterocycles. The van der Waals surface area contributed by atoms with Crippen LogP contribution in [0.15, 0.2) is 65.7 Å². The summed E-state index contributed by atoms with van der Waals surface area (Å²) in [7, 11) is 0. The van der Waals surface area contributed by atoms with E-state index in [0.29, 0.717) is 5.56 Å². The molecule has 2 rings (SSSR count). The molecule has 1 atom stereocenters. The zero-order chi connectivity index (χ0) is 13.7. The van der Waals surface area contributed by atoms with Crippen molar-refractivity contribution >= 4 is 19.2 Å². The normalized spacial score (nSPS) is 12.9. The second-order valence-corrected chi connectivity index (χ2v) is 4.27. The molecule has 0 aliphatic heterocycles. The fraction of sp³-hybridized carbons (Fsp3) is 0.188. The number of halogens is 2. The van der Waals surface area contributed by atoms with Gasteiger partial charge in [0.1, 0.15) is 5.71 Å². The molecule has 106 valence electrons. The van der Waals surface area contributed by atoms with E-state index in [2.05, 4.69) is 4.99 Å². The zero-order valence-corrected chi connectivity index (χ0v) is 12.1. The second-order valence-electron chi connectivity index (χ2n) is 4.27. The summed E-state index contributed by atoms with van der Waals surface area (Å²) in [6.45, 7) is 1.82. The molecule has 0 aromatic heterocycles. The minimum Gasteiger partial charge on any atom is -0.275 e. The van der Waals surface area contributed by atoms with Gasteiger partial charge in [0, 0.05) is 5.56 Å². The van der Waals surface area contributed by atoms with E-state index in [1.807, 2.05) is 37.3 Å². The fourth-order valence-corrected chi connectivity index (χ4v) is 1.88. The predicted octanol–water partition coefficient (Wildman–Crippen LogP) is 4.61. The number of hydrogen-bond donors (Lipinski definition) is 0. The molecule has 0 bridgehead atoms. The van der Waals surface area contributed by atoms with Gasteiger partial charge in [-0.25, -0.2) is 8.78 Å². The van der Waals surface area contributed by atoms with E-state index < -0.39 is 6.43 Å². The Labute approximate surface area is 124 Å². The van der Waals surface area contributed by atoms with E-state index in [4.69, 9.17) is 0 Å². The molecule has 0 radical (unpaired) electrons. The molecule has 0 amide bonds. The molecule has 20 heavy (non-hydrogen) atoms. The number of rotatable bonds is 4.